The van der Waals surface area contributed by atoms with E-state index in [-0.39, 0.29) is 17.7 Å². The van der Waals surface area contributed by atoms with Crippen LogP contribution in [0.4, 0.5) is 16.2 Å². The van der Waals surface area contributed by atoms with Crippen LogP contribution in [-0.4, -0.2) is 35.1 Å². The van der Waals surface area contributed by atoms with Crippen molar-refractivity contribution in [1.29, 1.82) is 0 Å². The number of fused-ring (bicyclic) bond motifs is 1. The topological polar surface area (TPSA) is 95.7 Å². The molecule has 6 nitrogen and oxygen atoms in total. The molecule has 3 rings (SSSR count). The van der Waals surface area contributed by atoms with E-state index in [1.54, 1.807) is 18.2 Å². The van der Waals surface area contributed by atoms with Gasteiger partial charge in [-0.2, -0.15) is 0 Å². The van der Waals surface area contributed by atoms with Gasteiger partial charge in [0.05, 0.1) is 5.92 Å². The van der Waals surface area contributed by atoms with Crippen LogP contribution in [0.1, 0.15) is 17.9 Å². The van der Waals surface area contributed by atoms with Crippen LogP contribution in [0, 0.1) is 5.92 Å². The highest BCUT2D eigenvalue weighted by atomic mass is 16.4. The van der Waals surface area contributed by atoms with Gasteiger partial charge in [-0.25, -0.2) is 4.79 Å². The summed E-state index contributed by atoms with van der Waals surface area (Å²) in [6, 6.07) is 5.35. The normalized spacial score (nSPS) is 25.3. The van der Waals surface area contributed by atoms with Crippen molar-refractivity contribution >= 4 is 23.4 Å². The van der Waals surface area contributed by atoms with Crippen molar-refractivity contribution in [2.24, 2.45) is 5.92 Å². The summed E-state index contributed by atoms with van der Waals surface area (Å²) in [6.07, 6.45) is -0.216. The predicted octanol–water partition coefficient (Wildman–Crippen LogP) is 1.30. The van der Waals surface area contributed by atoms with E-state index in [1.165, 1.54) is 4.90 Å². The standard InChI is InChI=1S/C13H15N3O3/c14-8-1-2-10-9(5-8)11(12(17)15-10)7-3-4-16(6-7)13(18)19/h1-2,5,7,11H,3-4,6,14H2,(H,15,17)(H,18,19). The minimum atomic E-state index is -0.922. The van der Waals surface area contributed by atoms with E-state index in [4.69, 9.17) is 10.8 Å². The van der Waals surface area contributed by atoms with Crippen molar-refractivity contribution in [3.8, 4) is 0 Å². The number of hydrogen-bond acceptors (Lipinski definition) is 3. The maximum absolute atomic E-state index is 12.1. The van der Waals surface area contributed by atoms with Gasteiger partial charge < -0.3 is 21.1 Å². The molecule has 6 heteroatoms. The number of carbonyl (C=O) groups is 2. The molecule has 19 heavy (non-hydrogen) atoms. The molecule has 2 atom stereocenters. The average Bonchev–Trinajstić information content (AvgIpc) is 2.92. The summed E-state index contributed by atoms with van der Waals surface area (Å²) in [5.41, 5.74) is 8.07. The lowest BCUT2D eigenvalue weighted by Crippen LogP contribution is -2.29. The number of likely N-dealkylation sites (tertiary alicyclic amines) is 1. The number of carboxylic acid groups (broad SMARTS) is 1. The van der Waals surface area contributed by atoms with Gasteiger partial charge >= 0.3 is 6.09 Å². The molecule has 1 saturated heterocycles. The van der Waals surface area contributed by atoms with Crippen molar-refractivity contribution in [2.75, 3.05) is 24.1 Å². The zero-order valence-electron chi connectivity index (χ0n) is 10.3. The molecule has 2 heterocycles. The van der Waals surface area contributed by atoms with E-state index in [1.807, 2.05) is 0 Å². The molecule has 0 bridgehead atoms. The van der Waals surface area contributed by atoms with Crippen LogP contribution in [0.25, 0.3) is 0 Å². The van der Waals surface area contributed by atoms with E-state index < -0.39 is 6.09 Å². The number of nitrogens with two attached hydrogens (primary N) is 1. The third kappa shape index (κ3) is 1.89. The highest BCUT2D eigenvalue weighted by Crippen LogP contribution is 2.41. The van der Waals surface area contributed by atoms with Crippen LogP contribution < -0.4 is 11.1 Å². The largest absolute Gasteiger partial charge is 0.465 e. The number of hydrogen-bond donors (Lipinski definition) is 3. The van der Waals surface area contributed by atoms with Crippen LogP contribution in [0.3, 0.4) is 0 Å². The number of nitrogen functional groups attached to an aromatic ring is 1. The van der Waals surface area contributed by atoms with Gasteiger partial charge in [-0.15, -0.1) is 0 Å². The highest BCUT2D eigenvalue weighted by Gasteiger charge is 2.41. The van der Waals surface area contributed by atoms with Gasteiger partial charge in [-0.3, -0.25) is 4.79 Å². The second kappa shape index (κ2) is 4.15. The zero-order valence-corrected chi connectivity index (χ0v) is 10.3. The Hall–Kier alpha value is -2.24. The van der Waals surface area contributed by atoms with Crippen LogP contribution in [0.5, 0.6) is 0 Å². The summed E-state index contributed by atoms with van der Waals surface area (Å²) < 4.78 is 0. The minimum Gasteiger partial charge on any atom is -0.465 e. The van der Waals surface area contributed by atoms with Gasteiger partial charge in [0.2, 0.25) is 5.91 Å². The first-order chi connectivity index (χ1) is 9.06. The molecule has 100 valence electrons. The molecule has 0 saturated carbocycles. The maximum atomic E-state index is 12.1. The SMILES string of the molecule is Nc1ccc2c(c1)C(C1CCN(C(=O)O)C1)C(=O)N2. The molecule has 2 amide bonds. The van der Waals surface area contributed by atoms with Gasteiger partial charge in [0.15, 0.2) is 0 Å². The Morgan fingerprint density at radius 2 is 2.26 bits per heavy atom. The summed E-state index contributed by atoms with van der Waals surface area (Å²) in [7, 11) is 0. The molecule has 0 radical (unpaired) electrons. The summed E-state index contributed by atoms with van der Waals surface area (Å²) in [4.78, 5) is 24.4. The van der Waals surface area contributed by atoms with Gasteiger partial charge in [0.25, 0.3) is 0 Å². The second-order valence-electron chi connectivity index (χ2n) is 5.09. The monoisotopic (exact) mass is 261 g/mol. The molecule has 1 fully saturated rings. The van der Waals surface area contributed by atoms with Crippen LogP contribution in [0.2, 0.25) is 0 Å². The predicted molar refractivity (Wildman–Crippen MR) is 69.9 cm³/mol. The fourth-order valence-corrected chi connectivity index (χ4v) is 3.01. The first-order valence-corrected chi connectivity index (χ1v) is 6.24. The molecule has 0 aliphatic carbocycles. The van der Waals surface area contributed by atoms with Crippen molar-refractivity contribution < 1.29 is 14.7 Å². The Labute approximate surface area is 110 Å². The summed E-state index contributed by atoms with van der Waals surface area (Å²) in [6.45, 7) is 0.892. The van der Waals surface area contributed by atoms with Gasteiger partial charge in [-0.1, -0.05) is 0 Å². The maximum Gasteiger partial charge on any atom is 0.407 e. The Morgan fingerprint density at radius 3 is 2.95 bits per heavy atom. The Bertz CT molecular complexity index is 558. The molecular weight excluding hydrogens is 246 g/mol. The van der Waals surface area contributed by atoms with Gasteiger partial charge in [-0.05, 0) is 36.1 Å². The molecular formula is C13H15N3O3. The molecule has 2 unspecified atom stereocenters. The minimum absolute atomic E-state index is 0.0270. The number of anilines is 2. The van der Waals surface area contributed by atoms with Gasteiger partial charge in [0.1, 0.15) is 0 Å². The quantitative estimate of drug-likeness (QED) is 0.664. The summed E-state index contributed by atoms with van der Waals surface area (Å²) >= 11 is 0. The lowest BCUT2D eigenvalue weighted by molar-refractivity contribution is -0.118. The first kappa shape index (κ1) is 11.8. The van der Waals surface area contributed by atoms with E-state index in [0.29, 0.717) is 25.2 Å². The van der Waals surface area contributed by atoms with Crippen LogP contribution in [-0.2, 0) is 4.79 Å². The lowest BCUT2D eigenvalue weighted by atomic mass is 9.86. The number of amides is 2. The number of nitrogens with zero attached hydrogens (tertiary/aromatic N) is 1. The van der Waals surface area contributed by atoms with E-state index in [2.05, 4.69) is 5.32 Å². The Morgan fingerprint density at radius 1 is 1.47 bits per heavy atom. The van der Waals surface area contributed by atoms with Gasteiger partial charge in [0, 0.05) is 24.5 Å². The van der Waals surface area contributed by atoms with E-state index in [9.17, 15) is 9.59 Å². The van der Waals surface area contributed by atoms with Crippen molar-refractivity contribution in [2.45, 2.75) is 12.3 Å². The fourth-order valence-electron chi connectivity index (χ4n) is 3.01. The molecule has 4 N–H and O–H groups in total. The lowest BCUT2D eigenvalue weighted by Gasteiger charge is -2.17. The van der Waals surface area contributed by atoms with Crippen molar-refractivity contribution in [3.05, 3.63) is 23.8 Å². The molecule has 1 aromatic rings. The number of carbonyl (C=O) groups excluding carboxylic acids is 1. The van der Waals surface area contributed by atoms with Crippen molar-refractivity contribution in [1.82, 2.24) is 4.90 Å². The third-order valence-corrected chi connectivity index (χ3v) is 3.92. The average molecular weight is 261 g/mol. The van der Waals surface area contributed by atoms with Crippen LogP contribution >= 0.6 is 0 Å². The third-order valence-electron chi connectivity index (χ3n) is 3.92. The second-order valence-corrected chi connectivity index (χ2v) is 5.09. The zero-order chi connectivity index (χ0) is 13.6. The summed E-state index contributed by atoms with van der Waals surface area (Å²) in [5, 5.41) is 11.8. The molecule has 2 aliphatic rings. The Kier molecular flexibility index (Phi) is 2.58. The smallest absolute Gasteiger partial charge is 0.407 e. The van der Waals surface area contributed by atoms with Crippen LogP contribution in [0.15, 0.2) is 18.2 Å². The van der Waals surface area contributed by atoms with E-state index >= 15 is 0 Å². The van der Waals surface area contributed by atoms with Crippen molar-refractivity contribution in [3.63, 3.8) is 0 Å². The number of benzene rings is 1. The molecule has 1 aromatic carbocycles. The molecule has 2 aliphatic heterocycles. The number of nitrogens with one attached hydrogen (secondary N) is 1. The fraction of sp³-hybridized carbons (Fsp3) is 0.385. The molecule has 0 aromatic heterocycles. The summed E-state index contributed by atoms with van der Waals surface area (Å²) in [5.74, 6) is -0.320. The molecule has 0 spiro atoms. The van der Waals surface area contributed by atoms with E-state index in [0.717, 1.165) is 11.3 Å². The Balaban J connectivity index is 1.88. The highest BCUT2D eigenvalue weighted by molar-refractivity contribution is 6.03. The first-order valence-electron chi connectivity index (χ1n) is 6.24. The number of rotatable bonds is 1.